The summed E-state index contributed by atoms with van der Waals surface area (Å²) >= 11 is 0. The van der Waals surface area contributed by atoms with Crippen LogP contribution in [-0.2, 0) is 23.6 Å². The Balaban J connectivity index is 1.28. The molecule has 0 aliphatic heterocycles. The molecular formula is C46H46N4O4+2. The monoisotopic (exact) mass is 718 g/mol. The van der Waals surface area contributed by atoms with E-state index in [1.54, 1.807) is 0 Å². The second kappa shape index (κ2) is 14.6. The third kappa shape index (κ3) is 6.38. The number of nitrogens with zero attached hydrogens (tertiary/aromatic N) is 2. The fourth-order valence-electron chi connectivity index (χ4n) is 7.57. The lowest BCUT2D eigenvalue weighted by Crippen LogP contribution is -2.32. The molecule has 0 atom stereocenters. The standard InChI is InChI=1S/C46H44N4O4/c1-9-53-37(25-27(3)23-33-21-19-31-15-11-13-17-35(31)49(33)7)39-29(5)47-43-41(39)45(51)44-42(46(43)52)40(30(6)48-44)38(54-10-2)26-28(4)24-34-22-20-32-16-12-14-18-36(32)50(34)8/h11-26H,9-10H2,1-8H3/p+2. The van der Waals surface area contributed by atoms with Gasteiger partial charge in [0.25, 0.3) is 0 Å². The fraction of sp³-hybridized carbons (Fsp3) is 0.217. The van der Waals surface area contributed by atoms with Crippen LogP contribution in [0.1, 0.15) is 93.7 Å². The van der Waals surface area contributed by atoms with Gasteiger partial charge < -0.3 is 19.4 Å². The summed E-state index contributed by atoms with van der Waals surface area (Å²) in [6.07, 6.45) is 8.05. The molecule has 0 amide bonds. The summed E-state index contributed by atoms with van der Waals surface area (Å²) in [4.78, 5) is 35.6. The number of para-hydroxylation sites is 2. The van der Waals surface area contributed by atoms with E-state index >= 15 is 0 Å². The average Bonchev–Trinajstić information content (AvgIpc) is 3.70. The second-order valence-electron chi connectivity index (χ2n) is 13.8. The highest BCUT2D eigenvalue weighted by Gasteiger charge is 2.40. The van der Waals surface area contributed by atoms with E-state index in [-0.39, 0.29) is 23.0 Å². The van der Waals surface area contributed by atoms with Gasteiger partial charge in [-0.3, -0.25) is 9.59 Å². The molecule has 0 unspecified atom stereocenters. The van der Waals surface area contributed by atoms with E-state index in [2.05, 4.69) is 79.8 Å². The second-order valence-corrected chi connectivity index (χ2v) is 13.8. The van der Waals surface area contributed by atoms with Crippen molar-refractivity contribution in [2.24, 2.45) is 14.1 Å². The number of pyridine rings is 2. The smallest absolute Gasteiger partial charge is 0.213 e. The number of ketones is 2. The highest BCUT2D eigenvalue weighted by molar-refractivity contribution is 6.30. The summed E-state index contributed by atoms with van der Waals surface area (Å²) in [5.41, 5.74) is 9.79. The first-order chi connectivity index (χ1) is 26.0. The number of aromatic nitrogens is 4. The molecule has 272 valence electrons. The quantitative estimate of drug-likeness (QED) is 0.0842. The zero-order chi connectivity index (χ0) is 38.3. The molecule has 2 N–H and O–H groups in total. The molecule has 4 aromatic heterocycles. The Kier molecular flexibility index (Phi) is 9.77. The maximum Gasteiger partial charge on any atom is 0.213 e. The van der Waals surface area contributed by atoms with Gasteiger partial charge >= 0.3 is 0 Å². The molecule has 0 bridgehead atoms. The number of benzene rings is 2. The number of carbonyl (C=O) groups is 2. The molecular weight excluding hydrogens is 673 g/mol. The molecule has 1 aliphatic rings. The van der Waals surface area contributed by atoms with E-state index in [4.69, 9.17) is 9.47 Å². The predicted octanol–water partition coefficient (Wildman–Crippen LogP) is 8.65. The van der Waals surface area contributed by atoms with Gasteiger partial charge in [-0.05, 0) is 89.1 Å². The van der Waals surface area contributed by atoms with Gasteiger partial charge in [-0.25, -0.2) is 0 Å². The van der Waals surface area contributed by atoms with Crippen LogP contribution in [0.25, 0.3) is 45.5 Å². The third-order valence-corrected chi connectivity index (χ3v) is 10.1. The molecule has 0 saturated heterocycles. The molecule has 0 radical (unpaired) electrons. The number of fused-ring (bicyclic) bond motifs is 4. The molecule has 0 fully saturated rings. The number of nitrogens with one attached hydrogen (secondary N) is 2. The number of hydrogen-bond donors (Lipinski definition) is 2. The lowest BCUT2D eigenvalue weighted by Gasteiger charge is -2.16. The van der Waals surface area contributed by atoms with Crippen LogP contribution < -0.4 is 9.13 Å². The molecule has 1 aliphatic carbocycles. The lowest BCUT2D eigenvalue weighted by molar-refractivity contribution is -0.646. The van der Waals surface area contributed by atoms with Crippen molar-refractivity contribution in [3.63, 3.8) is 0 Å². The van der Waals surface area contributed by atoms with Crippen LogP contribution in [0, 0.1) is 13.8 Å². The summed E-state index contributed by atoms with van der Waals surface area (Å²) < 4.78 is 16.7. The van der Waals surface area contributed by atoms with Crippen molar-refractivity contribution >= 4 is 57.0 Å². The number of carbonyl (C=O) groups excluding carboxylic acids is 2. The summed E-state index contributed by atoms with van der Waals surface area (Å²) in [5.74, 6) is 0.506. The van der Waals surface area contributed by atoms with Crippen LogP contribution in [0.15, 0.2) is 96.1 Å². The first-order valence-electron chi connectivity index (χ1n) is 18.4. The maximum absolute atomic E-state index is 14.5. The summed E-state index contributed by atoms with van der Waals surface area (Å²) in [6.45, 7) is 12.3. The Labute approximate surface area is 315 Å². The van der Waals surface area contributed by atoms with Crippen molar-refractivity contribution in [1.29, 1.82) is 0 Å². The molecule has 0 spiro atoms. The zero-order valence-electron chi connectivity index (χ0n) is 32.2. The van der Waals surface area contributed by atoms with E-state index in [0.717, 1.165) is 44.3 Å². The summed E-state index contributed by atoms with van der Waals surface area (Å²) in [7, 11) is 4.09. The van der Waals surface area contributed by atoms with Crippen molar-refractivity contribution in [3.8, 4) is 0 Å². The number of H-pyrrole nitrogens is 2. The molecule has 8 heteroatoms. The maximum atomic E-state index is 14.5. The van der Waals surface area contributed by atoms with Crippen LogP contribution in [0.2, 0.25) is 0 Å². The summed E-state index contributed by atoms with van der Waals surface area (Å²) in [5, 5.41) is 2.32. The van der Waals surface area contributed by atoms with Gasteiger partial charge in [-0.2, -0.15) is 9.13 Å². The fourth-order valence-corrected chi connectivity index (χ4v) is 7.57. The minimum absolute atomic E-state index is 0.250. The van der Waals surface area contributed by atoms with Crippen LogP contribution in [0.3, 0.4) is 0 Å². The van der Waals surface area contributed by atoms with Crippen LogP contribution >= 0.6 is 0 Å². The summed E-state index contributed by atoms with van der Waals surface area (Å²) in [6, 6.07) is 24.9. The largest absolute Gasteiger partial charge is 0.493 e. The molecule has 54 heavy (non-hydrogen) atoms. The van der Waals surface area contributed by atoms with Crippen molar-refractivity contribution in [3.05, 3.63) is 153 Å². The van der Waals surface area contributed by atoms with Gasteiger partial charge in [0.15, 0.2) is 0 Å². The number of aromatic amines is 2. The number of aryl methyl sites for hydroxylation is 4. The van der Waals surface area contributed by atoms with E-state index in [0.29, 0.717) is 58.4 Å². The first-order valence-corrected chi connectivity index (χ1v) is 18.4. The van der Waals surface area contributed by atoms with E-state index in [1.807, 2.05) is 92.1 Å². The van der Waals surface area contributed by atoms with Gasteiger partial charge in [0.05, 0.1) is 35.7 Å². The number of hydrogen-bond acceptors (Lipinski definition) is 4. The van der Waals surface area contributed by atoms with Gasteiger partial charge in [-0.15, -0.1) is 0 Å². The molecule has 7 rings (SSSR count). The SMILES string of the molecule is CCOC(=CC(C)=Cc1ccc2ccccc2[n+]1C)c1c(C)[nH]c2c1C(=O)c1[nH]c(C)c(C(=CC(C)=Cc3ccc4ccccc4[n+]3C)OCC)c1C2=O. The molecule has 2 aromatic carbocycles. The lowest BCUT2D eigenvalue weighted by atomic mass is 9.87. The highest BCUT2D eigenvalue weighted by atomic mass is 16.5. The van der Waals surface area contributed by atoms with Crippen LogP contribution in [0.5, 0.6) is 0 Å². The Morgan fingerprint density at radius 1 is 0.611 bits per heavy atom. The number of allylic oxidation sites excluding steroid dienone is 4. The van der Waals surface area contributed by atoms with Gasteiger partial charge in [0.2, 0.25) is 34.0 Å². The number of rotatable bonds is 10. The molecule has 8 nitrogen and oxygen atoms in total. The zero-order valence-corrected chi connectivity index (χ0v) is 32.2. The Morgan fingerprint density at radius 3 is 1.39 bits per heavy atom. The van der Waals surface area contributed by atoms with Gasteiger partial charge in [0.1, 0.15) is 25.6 Å². The predicted molar refractivity (Wildman–Crippen MR) is 215 cm³/mol. The molecule has 4 heterocycles. The topological polar surface area (TPSA) is 91.9 Å². The van der Waals surface area contributed by atoms with Crippen LogP contribution in [0.4, 0.5) is 0 Å². The van der Waals surface area contributed by atoms with E-state index in [1.165, 1.54) is 0 Å². The van der Waals surface area contributed by atoms with Gasteiger partial charge in [0, 0.05) is 69.7 Å². The minimum Gasteiger partial charge on any atom is -0.493 e. The van der Waals surface area contributed by atoms with E-state index < -0.39 is 0 Å². The first kappa shape index (κ1) is 36.1. The highest BCUT2D eigenvalue weighted by Crippen LogP contribution is 2.39. The molecule has 0 saturated carbocycles. The van der Waals surface area contributed by atoms with Crippen molar-refractivity contribution in [1.82, 2.24) is 9.97 Å². The third-order valence-electron chi connectivity index (χ3n) is 10.1. The molecule has 6 aromatic rings. The minimum atomic E-state index is -0.271. The van der Waals surface area contributed by atoms with Crippen molar-refractivity contribution < 1.29 is 28.2 Å². The van der Waals surface area contributed by atoms with E-state index in [9.17, 15) is 9.59 Å². The number of ether oxygens (including phenoxy) is 2. The average molecular weight is 719 g/mol. The Bertz CT molecular complexity index is 2450. The van der Waals surface area contributed by atoms with Crippen LogP contribution in [-0.4, -0.2) is 34.7 Å². The van der Waals surface area contributed by atoms with Crippen molar-refractivity contribution in [2.45, 2.75) is 41.5 Å². The Morgan fingerprint density at radius 2 is 1.00 bits per heavy atom. The normalized spacial score (nSPS) is 13.9. The van der Waals surface area contributed by atoms with Crippen molar-refractivity contribution in [2.75, 3.05) is 13.2 Å². The van der Waals surface area contributed by atoms with Gasteiger partial charge in [-0.1, -0.05) is 24.3 Å². The Hall–Kier alpha value is -6.28.